The first kappa shape index (κ1) is 13.5. The van der Waals surface area contributed by atoms with E-state index >= 15 is 0 Å². The van der Waals surface area contributed by atoms with Crippen LogP contribution in [0, 0.1) is 11.3 Å². The molecule has 1 aromatic rings. The summed E-state index contributed by atoms with van der Waals surface area (Å²) in [6, 6.07) is 5.61. The fourth-order valence-corrected chi connectivity index (χ4v) is 2.63. The lowest BCUT2D eigenvalue weighted by Gasteiger charge is -2.14. The van der Waals surface area contributed by atoms with E-state index in [1.807, 2.05) is 6.92 Å². The molecule has 0 saturated heterocycles. The maximum absolute atomic E-state index is 9.02. The molecular weight excluding hydrogens is 338 g/mol. The number of halogens is 2. The van der Waals surface area contributed by atoms with Crippen LogP contribution in [0.1, 0.15) is 18.9 Å². The van der Waals surface area contributed by atoms with Crippen molar-refractivity contribution in [2.45, 2.75) is 26.1 Å². The van der Waals surface area contributed by atoms with Crippen LogP contribution in [0.2, 0.25) is 0 Å². The molecule has 1 unspecified atom stereocenters. The van der Waals surface area contributed by atoms with Crippen LogP contribution in [-0.4, -0.2) is 11.2 Å². The summed E-state index contributed by atoms with van der Waals surface area (Å²) in [4.78, 5) is 0. The van der Waals surface area contributed by atoms with Crippen molar-refractivity contribution < 1.29 is 9.84 Å². The third-order valence-electron chi connectivity index (χ3n) is 2.02. The van der Waals surface area contributed by atoms with E-state index in [4.69, 9.17) is 15.1 Å². The maximum Gasteiger partial charge on any atom is 0.184 e. The van der Waals surface area contributed by atoms with E-state index in [1.165, 1.54) is 0 Å². The van der Waals surface area contributed by atoms with Gasteiger partial charge in [0.25, 0.3) is 0 Å². The van der Waals surface area contributed by atoms with Gasteiger partial charge in [-0.3, -0.25) is 0 Å². The van der Waals surface area contributed by atoms with Crippen LogP contribution in [0.4, 0.5) is 0 Å². The lowest BCUT2D eigenvalue weighted by Crippen LogP contribution is -2.13. The Kier molecular flexibility index (Phi) is 5.26. The predicted octanol–water partition coefficient (Wildman–Crippen LogP) is 3.38. The summed E-state index contributed by atoms with van der Waals surface area (Å²) in [7, 11) is 0. The molecule has 0 aliphatic rings. The normalized spacial score (nSPS) is 11.9. The molecule has 1 N–H and O–H groups in total. The average Bonchev–Trinajstić information content (AvgIpc) is 2.28. The summed E-state index contributed by atoms with van der Waals surface area (Å²) in [5.74, 6) is 0.589. The van der Waals surface area contributed by atoms with Crippen molar-refractivity contribution in [3.63, 3.8) is 0 Å². The highest BCUT2D eigenvalue weighted by Gasteiger charge is 2.13. The largest absolute Gasteiger partial charge is 0.473 e. The smallest absolute Gasteiger partial charge is 0.184 e. The molecule has 0 spiro atoms. The second-order valence-corrected chi connectivity index (χ2v) is 4.90. The van der Waals surface area contributed by atoms with Crippen LogP contribution >= 0.6 is 31.9 Å². The Bertz CT molecular complexity index is 392. The Balaban J connectivity index is 3.01. The molecule has 0 bridgehead atoms. The first-order chi connectivity index (χ1) is 7.62. The second-order valence-electron chi connectivity index (χ2n) is 3.19. The molecule has 0 fully saturated rings. The molecule has 5 heteroatoms. The van der Waals surface area contributed by atoms with Gasteiger partial charge in [-0.2, -0.15) is 5.26 Å². The summed E-state index contributed by atoms with van der Waals surface area (Å²) in [6.45, 7) is 1.85. The zero-order valence-electron chi connectivity index (χ0n) is 8.70. The van der Waals surface area contributed by atoms with Crippen molar-refractivity contribution in [2.75, 3.05) is 0 Å². The minimum atomic E-state index is -0.465. The third kappa shape index (κ3) is 3.21. The molecule has 16 heavy (non-hydrogen) atoms. The Morgan fingerprint density at radius 2 is 2.00 bits per heavy atom. The fraction of sp³-hybridized carbons (Fsp3) is 0.364. The minimum Gasteiger partial charge on any atom is -0.473 e. The van der Waals surface area contributed by atoms with E-state index in [0.29, 0.717) is 12.2 Å². The first-order valence-corrected chi connectivity index (χ1v) is 6.36. The molecule has 0 aliphatic heterocycles. The van der Waals surface area contributed by atoms with Gasteiger partial charge in [0.2, 0.25) is 0 Å². The third-order valence-corrected chi connectivity index (χ3v) is 3.19. The number of aliphatic hydroxyl groups is 1. The fourth-order valence-electron chi connectivity index (χ4n) is 1.16. The SMILES string of the molecule is CCC(C#N)Oc1c(Br)cc(CO)cc1Br. The van der Waals surface area contributed by atoms with E-state index in [-0.39, 0.29) is 6.61 Å². The number of hydrogen-bond acceptors (Lipinski definition) is 3. The quantitative estimate of drug-likeness (QED) is 0.907. The summed E-state index contributed by atoms with van der Waals surface area (Å²) < 4.78 is 6.98. The molecule has 1 aromatic carbocycles. The van der Waals surface area contributed by atoms with Crippen LogP contribution in [0.5, 0.6) is 5.75 Å². The van der Waals surface area contributed by atoms with E-state index in [1.54, 1.807) is 12.1 Å². The molecular formula is C11H11Br2NO2. The standard InChI is InChI=1S/C11H11Br2NO2/c1-2-8(5-14)16-11-9(12)3-7(6-15)4-10(11)13/h3-4,8,15H,2,6H2,1H3. The number of nitrogens with zero attached hydrogens (tertiary/aromatic N) is 1. The number of nitriles is 1. The second kappa shape index (κ2) is 6.24. The molecule has 0 heterocycles. The number of hydrogen-bond donors (Lipinski definition) is 1. The summed E-state index contributed by atoms with van der Waals surface area (Å²) in [6.07, 6.45) is 0.157. The lowest BCUT2D eigenvalue weighted by molar-refractivity contribution is 0.248. The summed E-state index contributed by atoms with van der Waals surface area (Å²) >= 11 is 6.70. The van der Waals surface area contributed by atoms with E-state index in [0.717, 1.165) is 14.5 Å². The van der Waals surface area contributed by atoms with Crippen LogP contribution in [0.25, 0.3) is 0 Å². The lowest BCUT2D eigenvalue weighted by atomic mass is 10.2. The Morgan fingerprint density at radius 1 is 1.44 bits per heavy atom. The molecule has 3 nitrogen and oxygen atoms in total. The number of aliphatic hydroxyl groups excluding tert-OH is 1. The Hall–Kier alpha value is -0.570. The van der Waals surface area contributed by atoms with Crippen LogP contribution < -0.4 is 4.74 Å². The van der Waals surface area contributed by atoms with Crippen molar-refractivity contribution in [1.29, 1.82) is 5.26 Å². The van der Waals surface area contributed by atoms with Gasteiger partial charge in [0.15, 0.2) is 6.10 Å². The zero-order valence-corrected chi connectivity index (χ0v) is 11.9. The molecule has 0 aromatic heterocycles. The highest BCUT2D eigenvalue weighted by Crippen LogP contribution is 2.35. The molecule has 0 amide bonds. The zero-order chi connectivity index (χ0) is 12.1. The molecule has 0 aliphatic carbocycles. The van der Waals surface area contributed by atoms with Gasteiger partial charge >= 0.3 is 0 Å². The van der Waals surface area contributed by atoms with Gasteiger partial charge in [0.05, 0.1) is 15.6 Å². The van der Waals surface area contributed by atoms with E-state index in [9.17, 15) is 0 Å². The van der Waals surface area contributed by atoms with Gasteiger partial charge in [-0.05, 0) is 56.0 Å². The van der Waals surface area contributed by atoms with Gasteiger partial charge in [-0.25, -0.2) is 0 Å². The number of ether oxygens (including phenoxy) is 1. The summed E-state index contributed by atoms with van der Waals surface area (Å²) in [5.41, 5.74) is 0.774. The van der Waals surface area contributed by atoms with Crippen molar-refractivity contribution in [3.8, 4) is 11.8 Å². The Morgan fingerprint density at radius 3 is 2.38 bits per heavy atom. The topological polar surface area (TPSA) is 53.2 Å². The highest BCUT2D eigenvalue weighted by molar-refractivity contribution is 9.11. The van der Waals surface area contributed by atoms with Crippen molar-refractivity contribution in [1.82, 2.24) is 0 Å². The predicted molar refractivity (Wildman–Crippen MR) is 68.1 cm³/mol. The van der Waals surface area contributed by atoms with E-state index in [2.05, 4.69) is 37.9 Å². The van der Waals surface area contributed by atoms with Crippen LogP contribution in [0.15, 0.2) is 21.1 Å². The average molecular weight is 349 g/mol. The van der Waals surface area contributed by atoms with Gasteiger partial charge in [-0.15, -0.1) is 0 Å². The first-order valence-electron chi connectivity index (χ1n) is 4.77. The van der Waals surface area contributed by atoms with Crippen molar-refractivity contribution in [2.24, 2.45) is 0 Å². The number of benzene rings is 1. The van der Waals surface area contributed by atoms with Gasteiger partial charge in [0, 0.05) is 0 Å². The van der Waals surface area contributed by atoms with Crippen molar-refractivity contribution in [3.05, 3.63) is 26.6 Å². The minimum absolute atomic E-state index is 0.0348. The van der Waals surface area contributed by atoms with Crippen LogP contribution in [-0.2, 0) is 6.61 Å². The van der Waals surface area contributed by atoms with Crippen LogP contribution in [0.3, 0.4) is 0 Å². The molecule has 1 atom stereocenters. The Labute approximate surface area is 111 Å². The number of rotatable bonds is 4. The van der Waals surface area contributed by atoms with Gasteiger partial charge < -0.3 is 9.84 Å². The maximum atomic E-state index is 9.02. The molecule has 86 valence electrons. The van der Waals surface area contributed by atoms with Crippen molar-refractivity contribution >= 4 is 31.9 Å². The molecule has 0 saturated carbocycles. The van der Waals surface area contributed by atoms with E-state index < -0.39 is 6.10 Å². The molecule has 0 radical (unpaired) electrons. The summed E-state index contributed by atoms with van der Waals surface area (Å²) in [5, 5.41) is 17.8. The monoisotopic (exact) mass is 347 g/mol. The highest BCUT2D eigenvalue weighted by atomic mass is 79.9. The van der Waals surface area contributed by atoms with Gasteiger partial charge in [-0.1, -0.05) is 6.92 Å². The van der Waals surface area contributed by atoms with Gasteiger partial charge in [0.1, 0.15) is 11.8 Å². The molecule has 1 rings (SSSR count).